The summed E-state index contributed by atoms with van der Waals surface area (Å²) in [6.45, 7) is 3.84. The van der Waals surface area contributed by atoms with Gasteiger partial charge in [-0.05, 0) is 53.0 Å². The van der Waals surface area contributed by atoms with E-state index in [9.17, 15) is 0 Å². The zero-order valence-electron chi connectivity index (χ0n) is 9.67. The second-order valence-electron chi connectivity index (χ2n) is 3.75. The minimum atomic E-state index is 0.310. The van der Waals surface area contributed by atoms with Gasteiger partial charge in [0, 0.05) is 5.02 Å². The van der Waals surface area contributed by atoms with E-state index in [-0.39, 0.29) is 0 Å². The molecule has 0 aliphatic carbocycles. The zero-order valence-corrected chi connectivity index (χ0v) is 12.8. The molecule has 0 saturated carbocycles. The molecule has 0 fully saturated rings. The standard InChI is InChI=1S/C12H9BrCl2N2O/c1-6-3-8(14)4-7(2)10(6)18-12-9(13)11(15)16-5-17-12/h3-5H,1-2H3. The maximum Gasteiger partial charge on any atom is 0.238 e. The highest BCUT2D eigenvalue weighted by atomic mass is 79.9. The van der Waals surface area contributed by atoms with Gasteiger partial charge in [0.25, 0.3) is 0 Å². The molecule has 0 aliphatic heterocycles. The van der Waals surface area contributed by atoms with Gasteiger partial charge in [-0.15, -0.1) is 0 Å². The Bertz CT molecular complexity index is 582. The van der Waals surface area contributed by atoms with E-state index in [0.29, 0.717) is 20.5 Å². The van der Waals surface area contributed by atoms with Crippen molar-refractivity contribution >= 4 is 39.1 Å². The summed E-state index contributed by atoms with van der Waals surface area (Å²) < 4.78 is 6.29. The van der Waals surface area contributed by atoms with Crippen molar-refractivity contribution in [2.45, 2.75) is 13.8 Å². The average molecular weight is 348 g/mol. The Morgan fingerprint density at radius 2 is 1.72 bits per heavy atom. The molecular weight excluding hydrogens is 339 g/mol. The first-order valence-corrected chi connectivity index (χ1v) is 6.64. The van der Waals surface area contributed by atoms with Crippen LogP contribution in [0.3, 0.4) is 0 Å². The molecule has 0 spiro atoms. The van der Waals surface area contributed by atoms with Crippen LogP contribution in [0, 0.1) is 13.8 Å². The minimum Gasteiger partial charge on any atom is -0.437 e. The average Bonchev–Trinajstić information content (AvgIpc) is 2.28. The molecule has 0 atom stereocenters. The topological polar surface area (TPSA) is 35.0 Å². The number of rotatable bonds is 2. The van der Waals surface area contributed by atoms with Crippen LogP contribution < -0.4 is 4.74 Å². The number of aryl methyl sites for hydroxylation is 2. The van der Waals surface area contributed by atoms with Gasteiger partial charge in [0.2, 0.25) is 5.88 Å². The summed E-state index contributed by atoms with van der Waals surface area (Å²) >= 11 is 15.1. The number of hydrogen-bond donors (Lipinski definition) is 0. The zero-order chi connectivity index (χ0) is 13.3. The Hall–Kier alpha value is -0.840. The van der Waals surface area contributed by atoms with Crippen molar-refractivity contribution in [2.75, 3.05) is 0 Å². The molecule has 0 saturated heterocycles. The van der Waals surface area contributed by atoms with Gasteiger partial charge in [-0.25, -0.2) is 9.97 Å². The highest BCUT2D eigenvalue weighted by Crippen LogP contribution is 2.35. The Morgan fingerprint density at radius 3 is 2.33 bits per heavy atom. The van der Waals surface area contributed by atoms with Crippen molar-refractivity contribution in [1.29, 1.82) is 0 Å². The largest absolute Gasteiger partial charge is 0.437 e. The quantitative estimate of drug-likeness (QED) is 0.720. The molecule has 1 heterocycles. The van der Waals surface area contributed by atoms with Crippen LogP contribution in [0.2, 0.25) is 10.2 Å². The molecule has 0 amide bonds. The predicted octanol–water partition coefficient (Wildman–Crippen LogP) is 4.96. The van der Waals surface area contributed by atoms with Gasteiger partial charge in [0.15, 0.2) is 5.15 Å². The first-order valence-electron chi connectivity index (χ1n) is 5.09. The minimum absolute atomic E-state index is 0.310. The molecule has 1 aromatic heterocycles. The fraction of sp³-hybridized carbons (Fsp3) is 0.167. The Labute approximate surface area is 123 Å². The molecule has 0 unspecified atom stereocenters. The van der Waals surface area contributed by atoms with E-state index in [1.807, 2.05) is 26.0 Å². The normalized spacial score (nSPS) is 10.5. The van der Waals surface area contributed by atoms with Gasteiger partial charge >= 0.3 is 0 Å². The van der Waals surface area contributed by atoms with Crippen molar-refractivity contribution < 1.29 is 4.74 Å². The van der Waals surface area contributed by atoms with E-state index in [4.69, 9.17) is 27.9 Å². The predicted molar refractivity (Wildman–Crippen MR) is 75.7 cm³/mol. The van der Waals surface area contributed by atoms with Crippen LogP contribution in [-0.2, 0) is 0 Å². The molecular formula is C12H9BrCl2N2O. The second kappa shape index (κ2) is 5.43. The van der Waals surface area contributed by atoms with E-state index in [1.54, 1.807) is 0 Å². The lowest BCUT2D eigenvalue weighted by Crippen LogP contribution is -1.95. The summed E-state index contributed by atoms with van der Waals surface area (Å²) in [5.74, 6) is 1.10. The number of hydrogen-bond acceptors (Lipinski definition) is 3. The molecule has 6 heteroatoms. The third-order valence-electron chi connectivity index (χ3n) is 2.34. The van der Waals surface area contributed by atoms with Crippen LogP contribution in [0.1, 0.15) is 11.1 Å². The second-order valence-corrected chi connectivity index (χ2v) is 5.34. The summed E-state index contributed by atoms with van der Waals surface area (Å²) in [5.41, 5.74) is 1.86. The van der Waals surface area contributed by atoms with Crippen LogP contribution in [0.4, 0.5) is 0 Å². The molecule has 0 aliphatic rings. The molecule has 94 valence electrons. The lowest BCUT2D eigenvalue weighted by atomic mass is 10.1. The van der Waals surface area contributed by atoms with Crippen molar-refractivity contribution in [1.82, 2.24) is 9.97 Å². The molecule has 0 bridgehead atoms. The summed E-state index contributed by atoms with van der Waals surface area (Å²) in [6, 6.07) is 3.67. The number of benzene rings is 1. The van der Waals surface area contributed by atoms with E-state index >= 15 is 0 Å². The highest BCUT2D eigenvalue weighted by molar-refractivity contribution is 9.10. The molecule has 2 aromatic rings. The number of halogens is 3. The summed E-state index contributed by atoms with van der Waals surface area (Å²) in [5, 5.41) is 0.987. The van der Waals surface area contributed by atoms with E-state index in [1.165, 1.54) is 6.33 Å². The van der Waals surface area contributed by atoms with Crippen LogP contribution in [0.5, 0.6) is 11.6 Å². The van der Waals surface area contributed by atoms with Crippen LogP contribution in [0.25, 0.3) is 0 Å². The smallest absolute Gasteiger partial charge is 0.238 e. The molecule has 18 heavy (non-hydrogen) atoms. The SMILES string of the molecule is Cc1cc(Cl)cc(C)c1Oc1ncnc(Cl)c1Br. The van der Waals surface area contributed by atoms with Gasteiger partial charge in [0.1, 0.15) is 16.5 Å². The van der Waals surface area contributed by atoms with Gasteiger partial charge in [-0.1, -0.05) is 23.2 Å². The van der Waals surface area contributed by atoms with Gasteiger partial charge in [-0.3, -0.25) is 0 Å². The van der Waals surface area contributed by atoms with Crippen molar-refractivity contribution in [3.8, 4) is 11.6 Å². The maximum atomic E-state index is 5.97. The van der Waals surface area contributed by atoms with Gasteiger partial charge in [-0.2, -0.15) is 0 Å². The van der Waals surface area contributed by atoms with Crippen LogP contribution in [0.15, 0.2) is 22.9 Å². The number of ether oxygens (including phenoxy) is 1. The van der Waals surface area contributed by atoms with Crippen LogP contribution >= 0.6 is 39.1 Å². The van der Waals surface area contributed by atoms with E-state index < -0.39 is 0 Å². The lowest BCUT2D eigenvalue weighted by molar-refractivity contribution is 0.451. The van der Waals surface area contributed by atoms with E-state index in [0.717, 1.165) is 16.9 Å². The lowest BCUT2D eigenvalue weighted by Gasteiger charge is -2.12. The molecule has 0 radical (unpaired) electrons. The highest BCUT2D eigenvalue weighted by Gasteiger charge is 2.12. The number of aromatic nitrogens is 2. The fourth-order valence-corrected chi connectivity index (χ4v) is 2.30. The monoisotopic (exact) mass is 346 g/mol. The first-order chi connectivity index (χ1) is 8.49. The Kier molecular flexibility index (Phi) is 4.10. The Morgan fingerprint density at radius 1 is 1.11 bits per heavy atom. The van der Waals surface area contributed by atoms with Crippen LogP contribution in [-0.4, -0.2) is 9.97 Å². The molecule has 3 nitrogen and oxygen atoms in total. The van der Waals surface area contributed by atoms with Crippen molar-refractivity contribution in [3.05, 3.63) is 44.2 Å². The van der Waals surface area contributed by atoms with E-state index in [2.05, 4.69) is 25.9 Å². The summed E-state index contributed by atoms with van der Waals surface area (Å²) in [7, 11) is 0. The third-order valence-corrected chi connectivity index (χ3v) is 3.79. The van der Waals surface area contributed by atoms with Crippen molar-refractivity contribution in [2.24, 2.45) is 0 Å². The Balaban J connectivity index is 2.43. The fourth-order valence-electron chi connectivity index (χ4n) is 1.56. The molecule has 0 N–H and O–H groups in total. The van der Waals surface area contributed by atoms with Crippen molar-refractivity contribution in [3.63, 3.8) is 0 Å². The summed E-state index contributed by atoms with van der Waals surface area (Å²) in [4.78, 5) is 7.89. The third kappa shape index (κ3) is 2.76. The summed E-state index contributed by atoms with van der Waals surface area (Å²) in [6.07, 6.45) is 1.35. The first kappa shape index (κ1) is 13.6. The van der Waals surface area contributed by atoms with Gasteiger partial charge in [0.05, 0.1) is 0 Å². The maximum absolute atomic E-state index is 5.97. The molecule has 1 aromatic carbocycles. The van der Waals surface area contributed by atoms with Gasteiger partial charge < -0.3 is 4.74 Å². The number of nitrogens with zero attached hydrogens (tertiary/aromatic N) is 2. The molecule has 2 rings (SSSR count).